The average Bonchev–Trinajstić information content (AvgIpc) is 2.93. The molecule has 1 aromatic heterocycles. The number of nitrogens with one attached hydrogen (secondary N) is 1. The summed E-state index contributed by atoms with van der Waals surface area (Å²) >= 11 is 1.24. The van der Waals surface area contributed by atoms with E-state index in [1.54, 1.807) is 30.0 Å². The van der Waals surface area contributed by atoms with Crippen LogP contribution in [0.5, 0.6) is 0 Å². The van der Waals surface area contributed by atoms with Gasteiger partial charge in [-0.15, -0.1) is 11.3 Å². The summed E-state index contributed by atoms with van der Waals surface area (Å²) in [5, 5.41) is 0. The number of hydrogen-bond acceptors (Lipinski definition) is 4. The lowest BCUT2D eigenvalue weighted by Crippen LogP contribution is -2.33. The van der Waals surface area contributed by atoms with Gasteiger partial charge in [0.05, 0.1) is 0 Å². The van der Waals surface area contributed by atoms with Gasteiger partial charge in [-0.2, -0.15) is 0 Å². The van der Waals surface area contributed by atoms with Gasteiger partial charge in [-0.25, -0.2) is 8.42 Å². The van der Waals surface area contributed by atoms with Crippen molar-refractivity contribution in [2.45, 2.75) is 30.9 Å². The molecule has 1 amide bonds. The van der Waals surface area contributed by atoms with Gasteiger partial charge in [0, 0.05) is 29.7 Å². The molecule has 1 aliphatic heterocycles. The van der Waals surface area contributed by atoms with Crippen LogP contribution < -0.4 is 9.62 Å². The Morgan fingerprint density at radius 3 is 2.70 bits per heavy atom. The van der Waals surface area contributed by atoms with Crippen molar-refractivity contribution < 1.29 is 13.2 Å². The van der Waals surface area contributed by atoms with E-state index in [-0.39, 0.29) is 5.91 Å². The van der Waals surface area contributed by atoms with Crippen LogP contribution in [0.25, 0.3) is 0 Å². The van der Waals surface area contributed by atoms with Crippen LogP contribution >= 0.6 is 11.3 Å². The number of carbonyl (C=O) groups is 1. The molecule has 0 saturated carbocycles. The molecule has 0 radical (unpaired) electrons. The predicted molar refractivity (Wildman–Crippen MR) is 92.7 cm³/mol. The van der Waals surface area contributed by atoms with Crippen molar-refractivity contribution in [3.63, 3.8) is 0 Å². The van der Waals surface area contributed by atoms with Gasteiger partial charge < -0.3 is 4.90 Å². The molecular weight excluding hydrogens is 332 g/mol. The minimum Gasteiger partial charge on any atom is -0.312 e. The maximum atomic E-state index is 12.4. The van der Waals surface area contributed by atoms with Crippen LogP contribution in [0.15, 0.2) is 34.5 Å². The maximum absolute atomic E-state index is 12.4. The number of carbonyl (C=O) groups excluding carboxylic acids is 1. The number of anilines is 2. The number of hydrogen-bond donors (Lipinski definition) is 1. The molecule has 0 saturated heterocycles. The fourth-order valence-corrected chi connectivity index (χ4v) is 5.08. The second kappa shape index (κ2) is 5.98. The van der Waals surface area contributed by atoms with Crippen molar-refractivity contribution in [2.75, 3.05) is 16.2 Å². The third-order valence-electron chi connectivity index (χ3n) is 3.81. The van der Waals surface area contributed by atoms with Crippen molar-refractivity contribution in [3.05, 3.63) is 40.8 Å². The fraction of sp³-hybridized carbons (Fsp3) is 0.312. The maximum Gasteiger partial charge on any atom is 0.271 e. The molecule has 1 aromatic carbocycles. The number of aryl methyl sites for hydroxylation is 2. The smallest absolute Gasteiger partial charge is 0.271 e. The Labute approximate surface area is 140 Å². The molecule has 5 nitrogen and oxygen atoms in total. The zero-order valence-corrected chi connectivity index (χ0v) is 14.6. The third kappa shape index (κ3) is 3.25. The molecule has 0 bridgehead atoms. The first-order valence-corrected chi connectivity index (χ1v) is 9.67. The highest BCUT2D eigenvalue weighted by Gasteiger charge is 2.21. The molecular formula is C16H18N2O3S2. The molecule has 0 aliphatic carbocycles. The van der Waals surface area contributed by atoms with Crippen molar-refractivity contribution in [1.29, 1.82) is 0 Å². The second-order valence-electron chi connectivity index (χ2n) is 5.59. The number of sulfonamides is 1. The second-order valence-corrected chi connectivity index (χ2v) is 8.79. The first-order chi connectivity index (χ1) is 10.9. The molecule has 3 rings (SSSR count). The lowest BCUT2D eigenvalue weighted by Gasteiger charge is -2.29. The molecule has 7 heteroatoms. The van der Waals surface area contributed by atoms with E-state index in [9.17, 15) is 13.2 Å². The number of thiophene rings is 1. The van der Waals surface area contributed by atoms with E-state index in [4.69, 9.17) is 0 Å². The standard InChI is InChI=1S/C16H18N2O3S2/c1-11-5-8-16(22-11)23(20,21)17-14-6-7-15-13(10-14)4-3-9-18(15)12(2)19/h5-8,10,17H,3-4,9H2,1-2H3. The van der Waals surface area contributed by atoms with Crippen LogP contribution in [-0.2, 0) is 21.2 Å². The first kappa shape index (κ1) is 16.0. The number of fused-ring (bicyclic) bond motifs is 1. The number of nitrogens with zero attached hydrogens (tertiary/aromatic N) is 1. The van der Waals surface area contributed by atoms with Crippen molar-refractivity contribution in [2.24, 2.45) is 0 Å². The minimum absolute atomic E-state index is 0.00772. The Kier molecular flexibility index (Phi) is 4.16. The summed E-state index contributed by atoms with van der Waals surface area (Å²) in [4.78, 5) is 14.4. The van der Waals surface area contributed by atoms with E-state index < -0.39 is 10.0 Å². The van der Waals surface area contributed by atoms with Crippen molar-refractivity contribution in [3.8, 4) is 0 Å². The quantitative estimate of drug-likeness (QED) is 0.925. The van der Waals surface area contributed by atoms with Gasteiger partial charge in [0.25, 0.3) is 10.0 Å². The summed E-state index contributed by atoms with van der Waals surface area (Å²) in [5.74, 6) is 0.00772. The zero-order valence-electron chi connectivity index (χ0n) is 13.0. The highest BCUT2D eigenvalue weighted by molar-refractivity contribution is 7.94. The van der Waals surface area contributed by atoms with E-state index in [0.717, 1.165) is 29.0 Å². The number of benzene rings is 1. The van der Waals surface area contributed by atoms with Crippen molar-refractivity contribution >= 4 is 38.6 Å². The summed E-state index contributed by atoms with van der Waals surface area (Å²) in [5.41, 5.74) is 2.40. The normalized spacial score (nSPS) is 14.4. The minimum atomic E-state index is -3.56. The largest absolute Gasteiger partial charge is 0.312 e. The van der Waals surface area contributed by atoms with Gasteiger partial charge in [-0.1, -0.05) is 0 Å². The summed E-state index contributed by atoms with van der Waals surface area (Å²) in [6.45, 7) is 4.13. The van der Waals surface area contributed by atoms with E-state index in [2.05, 4.69) is 4.72 Å². The Morgan fingerprint density at radius 1 is 1.26 bits per heavy atom. The third-order valence-corrected chi connectivity index (χ3v) is 6.68. The van der Waals surface area contributed by atoms with E-state index in [0.29, 0.717) is 16.4 Å². The summed E-state index contributed by atoms with van der Waals surface area (Å²) in [6.07, 6.45) is 1.72. The Bertz CT molecular complexity index is 856. The van der Waals surface area contributed by atoms with Crippen LogP contribution in [-0.4, -0.2) is 20.9 Å². The molecule has 0 spiro atoms. The van der Waals surface area contributed by atoms with Crippen LogP contribution in [0, 0.1) is 6.92 Å². The van der Waals surface area contributed by atoms with Gasteiger partial charge in [0.15, 0.2) is 0 Å². The SMILES string of the molecule is CC(=O)N1CCCc2cc(NS(=O)(=O)c3ccc(C)s3)ccc21. The molecule has 2 aromatic rings. The van der Waals surface area contributed by atoms with Gasteiger partial charge in [-0.3, -0.25) is 9.52 Å². The monoisotopic (exact) mass is 350 g/mol. The van der Waals surface area contributed by atoms with E-state index >= 15 is 0 Å². The zero-order chi connectivity index (χ0) is 16.6. The van der Waals surface area contributed by atoms with Crippen molar-refractivity contribution in [1.82, 2.24) is 0 Å². The molecule has 122 valence electrons. The van der Waals surface area contributed by atoms with Crippen LogP contribution in [0.1, 0.15) is 23.8 Å². The number of rotatable bonds is 3. The van der Waals surface area contributed by atoms with E-state index in [1.807, 2.05) is 19.1 Å². The van der Waals surface area contributed by atoms with E-state index in [1.165, 1.54) is 11.3 Å². The molecule has 1 aliphatic rings. The number of amides is 1. The van der Waals surface area contributed by atoms with Crippen LogP contribution in [0.2, 0.25) is 0 Å². The van der Waals surface area contributed by atoms with Gasteiger partial charge in [0.1, 0.15) is 4.21 Å². The highest BCUT2D eigenvalue weighted by Crippen LogP contribution is 2.31. The molecule has 2 heterocycles. The molecule has 1 N–H and O–H groups in total. The molecule has 0 fully saturated rings. The highest BCUT2D eigenvalue weighted by atomic mass is 32.2. The Hall–Kier alpha value is -1.86. The predicted octanol–water partition coefficient (Wildman–Crippen LogP) is 3.16. The molecule has 23 heavy (non-hydrogen) atoms. The lowest BCUT2D eigenvalue weighted by molar-refractivity contribution is -0.116. The fourth-order valence-electron chi connectivity index (χ4n) is 2.75. The summed E-state index contributed by atoms with van der Waals surface area (Å²) in [6, 6.07) is 8.74. The topological polar surface area (TPSA) is 66.5 Å². The van der Waals surface area contributed by atoms with Crippen LogP contribution in [0.3, 0.4) is 0 Å². The average molecular weight is 350 g/mol. The Balaban J connectivity index is 1.89. The Morgan fingerprint density at radius 2 is 2.04 bits per heavy atom. The lowest BCUT2D eigenvalue weighted by atomic mass is 10.0. The van der Waals surface area contributed by atoms with Gasteiger partial charge >= 0.3 is 0 Å². The first-order valence-electron chi connectivity index (χ1n) is 7.37. The molecule has 0 unspecified atom stereocenters. The summed E-state index contributed by atoms with van der Waals surface area (Å²) in [7, 11) is -3.56. The van der Waals surface area contributed by atoms with Crippen LogP contribution in [0.4, 0.5) is 11.4 Å². The van der Waals surface area contributed by atoms with Gasteiger partial charge in [-0.05, 0) is 55.7 Å². The van der Waals surface area contributed by atoms with Gasteiger partial charge in [0.2, 0.25) is 5.91 Å². The molecule has 0 atom stereocenters. The summed E-state index contributed by atoms with van der Waals surface area (Å²) < 4.78 is 27.7.